The van der Waals surface area contributed by atoms with Crippen LogP contribution < -0.4 is 10.6 Å². The minimum Gasteiger partial charge on any atom is -0.378 e. The molecule has 0 radical (unpaired) electrons. The number of nitrogens with zero attached hydrogens (tertiary/aromatic N) is 2. The minimum absolute atomic E-state index is 0.0187. The van der Waals surface area contributed by atoms with Gasteiger partial charge in [-0.05, 0) is 18.2 Å². The van der Waals surface area contributed by atoms with Gasteiger partial charge in [-0.1, -0.05) is 36.0 Å². The molecular formula is C17H16N4O3S2. The molecule has 0 saturated heterocycles. The van der Waals surface area contributed by atoms with Crippen molar-refractivity contribution in [3.63, 3.8) is 0 Å². The van der Waals surface area contributed by atoms with Crippen LogP contribution >= 0.6 is 23.1 Å². The smallest absolute Gasteiger partial charge is 0.292 e. The Kier molecular flexibility index (Phi) is 6.03. The van der Waals surface area contributed by atoms with Crippen LogP contribution in [-0.2, 0) is 4.79 Å². The van der Waals surface area contributed by atoms with Crippen LogP contribution in [-0.4, -0.2) is 34.7 Å². The zero-order chi connectivity index (χ0) is 18.4. The van der Waals surface area contributed by atoms with Crippen LogP contribution in [0.5, 0.6) is 0 Å². The molecule has 3 rings (SSSR count). The third kappa shape index (κ3) is 4.70. The third-order valence-corrected chi connectivity index (χ3v) is 5.64. The number of carbonyl (C=O) groups excluding carboxylic acids is 1. The Morgan fingerprint density at radius 3 is 2.73 bits per heavy atom. The zero-order valence-corrected chi connectivity index (χ0v) is 15.3. The Morgan fingerprint density at radius 1 is 1.15 bits per heavy atom. The summed E-state index contributed by atoms with van der Waals surface area (Å²) in [5.74, 6) is 0.185. The van der Waals surface area contributed by atoms with Crippen LogP contribution in [0.25, 0.3) is 10.2 Å². The Morgan fingerprint density at radius 2 is 1.92 bits per heavy atom. The summed E-state index contributed by atoms with van der Waals surface area (Å²) in [4.78, 5) is 26.9. The number of thioether (sulfide) groups is 1. The number of nitro benzene ring substituents is 1. The van der Waals surface area contributed by atoms with Gasteiger partial charge in [0.2, 0.25) is 5.91 Å². The number of hydrogen-bond donors (Lipinski definition) is 2. The number of nitrogens with one attached hydrogen (secondary N) is 2. The lowest BCUT2D eigenvalue weighted by molar-refractivity contribution is -0.384. The van der Waals surface area contributed by atoms with Gasteiger partial charge in [0, 0.05) is 19.2 Å². The van der Waals surface area contributed by atoms with Crippen LogP contribution in [0.3, 0.4) is 0 Å². The van der Waals surface area contributed by atoms with E-state index >= 15 is 0 Å². The molecule has 0 bridgehead atoms. The molecule has 0 aliphatic heterocycles. The van der Waals surface area contributed by atoms with E-state index in [1.807, 2.05) is 24.3 Å². The first-order chi connectivity index (χ1) is 12.6. The molecule has 1 aromatic heterocycles. The fourth-order valence-corrected chi connectivity index (χ4v) is 4.17. The summed E-state index contributed by atoms with van der Waals surface area (Å²) in [6, 6.07) is 14.3. The van der Waals surface area contributed by atoms with E-state index in [9.17, 15) is 14.9 Å². The molecular weight excluding hydrogens is 372 g/mol. The number of benzene rings is 2. The standard InChI is InChI=1S/C17H16N4O3S2/c22-16(11-25-17-20-13-6-2-4-8-15(13)26-17)19-10-9-18-12-5-1-3-7-14(12)21(23)24/h1-8,18H,9-11H2,(H,19,22). The fourth-order valence-electron chi connectivity index (χ4n) is 2.27. The number of fused-ring (bicyclic) bond motifs is 1. The van der Waals surface area contributed by atoms with E-state index in [1.54, 1.807) is 29.5 Å². The highest BCUT2D eigenvalue weighted by Gasteiger charge is 2.11. The number of nitro groups is 1. The molecule has 0 spiro atoms. The van der Waals surface area contributed by atoms with Gasteiger partial charge in [-0.2, -0.15) is 0 Å². The van der Waals surface area contributed by atoms with Crippen LogP contribution in [0, 0.1) is 10.1 Å². The number of hydrogen-bond acceptors (Lipinski definition) is 7. The van der Waals surface area contributed by atoms with E-state index in [4.69, 9.17) is 0 Å². The maximum Gasteiger partial charge on any atom is 0.292 e. The van der Waals surface area contributed by atoms with Gasteiger partial charge in [-0.25, -0.2) is 4.98 Å². The number of thiazole rings is 1. The van der Waals surface area contributed by atoms with E-state index in [0.717, 1.165) is 14.6 Å². The van der Waals surface area contributed by atoms with Gasteiger partial charge in [-0.15, -0.1) is 11.3 Å². The molecule has 0 unspecified atom stereocenters. The summed E-state index contributed by atoms with van der Waals surface area (Å²) in [6.45, 7) is 0.785. The zero-order valence-electron chi connectivity index (χ0n) is 13.7. The quantitative estimate of drug-likeness (QED) is 0.265. The summed E-state index contributed by atoms with van der Waals surface area (Å²) in [5, 5.41) is 16.7. The lowest BCUT2D eigenvalue weighted by atomic mass is 10.2. The minimum atomic E-state index is -0.435. The first-order valence-electron chi connectivity index (χ1n) is 7.86. The lowest BCUT2D eigenvalue weighted by Crippen LogP contribution is -2.30. The van der Waals surface area contributed by atoms with Crippen LogP contribution in [0.4, 0.5) is 11.4 Å². The van der Waals surface area contributed by atoms with Crippen molar-refractivity contribution in [1.29, 1.82) is 0 Å². The highest BCUT2D eigenvalue weighted by Crippen LogP contribution is 2.29. The van der Waals surface area contributed by atoms with Crippen molar-refractivity contribution < 1.29 is 9.72 Å². The van der Waals surface area contributed by atoms with Crippen LogP contribution in [0.1, 0.15) is 0 Å². The van der Waals surface area contributed by atoms with Crippen molar-refractivity contribution in [2.45, 2.75) is 4.34 Å². The van der Waals surface area contributed by atoms with Gasteiger partial charge in [0.1, 0.15) is 5.69 Å². The van der Waals surface area contributed by atoms with Gasteiger partial charge < -0.3 is 10.6 Å². The van der Waals surface area contributed by atoms with E-state index < -0.39 is 4.92 Å². The van der Waals surface area contributed by atoms with Gasteiger partial charge >= 0.3 is 0 Å². The second kappa shape index (κ2) is 8.63. The Labute approximate surface area is 158 Å². The molecule has 0 atom stereocenters. The molecule has 2 aromatic carbocycles. The van der Waals surface area contributed by atoms with E-state index in [2.05, 4.69) is 15.6 Å². The van der Waals surface area contributed by atoms with Crippen molar-refractivity contribution in [3.05, 3.63) is 58.6 Å². The molecule has 9 heteroatoms. The van der Waals surface area contributed by atoms with E-state index in [-0.39, 0.29) is 17.3 Å². The maximum atomic E-state index is 11.9. The number of amides is 1. The van der Waals surface area contributed by atoms with Crippen molar-refractivity contribution in [3.8, 4) is 0 Å². The monoisotopic (exact) mass is 388 g/mol. The number of anilines is 1. The van der Waals surface area contributed by atoms with Gasteiger partial charge in [-0.3, -0.25) is 14.9 Å². The van der Waals surface area contributed by atoms with Gasteiger partial charge in [0.05, 0.1) is 20.9 Å². The Hall–Kier alpha value is -2.65. The predicted octanol–water partition coefficient (Wildman–Crippen LogP) is 3.52. The maximum absolute atomic E-state index is 11.9. The summed E-state index contributed by atoms with van der Waals surface area (Å²) >= 11 is 2.97. The molecule has 26 heavy (non-hydrogen) atoms. The molecule has 2 N–H and O–H groups in total. The van der Waals surface area contributed by atoms with Crippen molar-refractivity contribution in [2.75, 3.05) is 24.2 Å². The van der Waals surface area contributed by atoms with Crippen molar-refractivity contribution >= 4 is 50.6 Å². The summed E-state index contributed by atoms with van der Waals surface area (Å²) in [5.41, 5.74) is 1.40. The molecule has 0 fully saturated rings. The van der Waals surface area contributed by atoms with E-state index in [1.165, 1.54) is 17.8 Å². The van der Waals surface area contributed by atoms with Crippen LogP contribution in [0.15, 0.2) is 52.9 Å². The molecule has 0 aliphatic carbocycles. The highest BCUT2D eigenvalue weighted by molar-refractivity contribution is 8.01. The first-order valence-corrected chi connectivity index (χ1v) is 9.66. The number of rotatable bonds is 8. The largest absolute Gasteiger partial charge is 0.378 e. The lowest BCUT2D eigenvalue weighted by Gasteiger charge is -2.08. The van der Waals surface area contributed by atoms with Crippen molar-refractivity contribution in [1.82, 2.24) is 10.3 Å². The molecule has 1 heterocycles. The van der Waals surface area contributed by atoms with Gasteiger partial charge in [0.15, 0.2) is 4.34 Å². The number of para-hydroxylation sites is 3. The van der Waals surface area contributed by atoms with Gasteiger partial charge in [0.25, 0.3) is 5.69 Å². The average Bonchev–Trinajstić information content (AvgIpc) is 3.07. The molecule has 1 amide bonds. The molecule has 134 valence electrons. The molecule has 7 nitrogen and oxygen atoms in total. The second-order valence-electron chi connectivity index (χ2n) is 5.29. The first kappa shape index (κ1) is 18.2. The Balaban J connectivity index is 1.41. The average molecular weight is 388 g/mol. The fraction of sp³-hybridized carbons (Fsp3) is 0.176. The molecule has 3 aromatic rings. The number of aromatic nitrogens is 1. The number of carbonyl (C=O) groups is 1. The topological polar surface area (TPSA) is 97.2 Å². The van der Waals surface area contributed by atoms with E-state index in [0.29, 0.717) is 18.8 Å². The summed E-state index contributed by atoms with van der Waals surface area (Å²) in [6.07, 6.45) is 0. The normalized spacial score (nSPS) is 10.6. The SMILES string of the molecule is O=C(CSc1nc2ccccc2s1)NCCNc1ccccc1[N+](=O)[O-]. The van der Waals surface area contributed by atoms with Crippen LogP contribution in [0.2, 0.25) is 0 Å². The Bertz CT molecular complexity index is 896. The predicted molar refractivity (Wildman–Crippen MR) is 105 cm³/mol. The molecule has 0 saturated carbocycles. The summed E-state index contributed by atoms with van der Waals surface area (Å²) in [7, 11) is 0. The highest BCUT2D eigenvalue weighted by atomic mass is 32.2. The third-order valence-electron chi connectivity index (χ3n) is 3.46. The summed E-state index contributed by atoms with van der Waals surface area (Å²) < 4.78 is 1.96. The molecule has 0 aliphatic rings. The second-order valence-corrected chi connectivity index (χ2v) is 7.54. The van der Waals surface area contributed by atoms with Crippen molar-refractivity contribution in [2.24, 2.45) is 0 Å².